The molecule has 0 radical (unpaired) electrons. The number of carbonyl (C=O) groups is 1. The zero-order chi connectivity index (χ0) is 18.3. The van der Waals surface area contributed by atoms with Crippen LogP contribution in [0.1, 0.15) is 11.6 Å². The lowest BCUT2D eigenvalue weighted by atomic mass is 10.1. The summed E-state index contributed by atoms with van der Waals surface area (Å²) in [6.07, 6.45) is 1.51. The Morgan fingerprint density at radius 1 is 1.04 bits per heavy atom. The largest absolute Gasteiger partial charge is 0.477 e. The van der Waals surface area contributed by atoms with E-state index in [4.69, 9.17) is 0 Å². The van der Waals surface area contributed by atoms with Crippen molar-refractivity contribution in [2.45, 2.75) is 10.9 Å². The molecule has 1 aromatic heterocycles. The number of carboxylic acid groups (broad SMARTS) is 1. The number of fused-ring (bicyclic) bond motifs is 2. The molecular formula is C18H13N3O4S. The highest BCUT2D eigenvalue weighted by molar-refractivity contribution is 7.89. The van der Waals surface area contributed by atoms with E-state index in [-0.39, 0.29) is 10.6 Å². The molecule has 7 nitrogen and oxygen atoms in total. The monoisotopic (exact) mass is 367 g/mol. The van der Waals surface area contributed by atoms with Crippen molar-refractivity contribution < 1.29 is 18.3 Å². The van der Waals surface area contributed by atoms with Crippen molar-refractivity contribution in [2.24, 2.45) is 4.99 Å². The highest BCUT2D eigenvalue weighted by Gasteiger charge is 2.35. The minimum atomic E-state index is -4.04. The highest BCUT2D eigenvalue weighted by Crippen LogP contribution is 2.35. The Bertz CT molecular complexity index is 1170. The van der Waals surface area contributed by atoms with Crippen molar-refractivity contribution in [1.29, 1.82) is 0 Å². The van der Waals surface area contributed by atoms with Gasteiger partial charge < -0.3 is 5.11 Å². The summed E-state index contributed by atoms with van der Waals surface area (Å²) in [4.78, 5) is 19.7. The zero-order valence-corrected chi connectivity index (χ0v) is 14.1. The van der Waals surface area contributed by atoms with E-state index in [1.54, 1.807) is 48.5 Å². The van der Waals surface area contributed by atoms with E-state index in [0.29, 0.717) is 22.2 Å². The molecule has 8 heteroatoms. The topological polar surface area (TPSA) is 109 Å². The van der Waals surface area contributed by atoms with Crippen LogP contribution in [0.4, 0.5) is 5.69 Å². The number of aliphatic carboxylic acids is 1. The molecule has 2 heterocycles. The third-order valence-corrected chi connectivity index (χ3v) is 5.59. The molecule has 130 valence electrons. The van der Waals surface area contributed by atoms with Gasteiger partial charge in [-0.3, -0.25) is 4.98 Å². The minimum absolute atomic E-state index is 0.00952. The molecule has 0 fully saturated rings. The summed E-state index contributed by atoms with van der Waals surface area (Å²) in [6.45, 7) is 0. The molecule has 26 heavy (non-hydrogen) atoms. The molecule has 1 aliphatic heterocycles. The second-order valence-electron chi connectivity index (χ2n) is 5.75. The van der Waals surface area contributed by atoms with E-state index in [9.17, 15) is 18.3 Å². The Kier molecular flexibility index (Phi) is 3.78. The van der Waals surface area contributed by atoms with Gasteiger partial charge in [0.1, 0.15) is 10.6 Å². The predicted molar refractivity (Wildman–Crippen MR) is 96.0 cm³/mol. The highest BCUT2D eigenvalue weighted by atomic mass is 32.2. The normalized spacial score (nSPS) is 16.3. The summed E-state index contributed by atoms with van der Waals surface area (Å²) in [5, 5.41) is 10.1. The van der Waals surface area contributed by atoms with E-state index >= 15 is 0 Å². The van der Waals surface area contributed by atoms with Gasteiger partial charge in [-0.15, -0.1) is 0 Å². The Morgan fingerprint density at radius 2 is 1.81 bits per heavy atom. The van der Waals surface area contributed by atoms with Crippen molar-refractivity contribution in [2.75, 3.05) is 0 Å². The second kappa shape index (κ2) is 6.01. The maximum Gasteiger partial charge on any atom is 0.352 e. The quantitative estimate of drug-likeness (QED) is 0.736. The van der Waals surface area contributed by atoms with Crippen LogP contribution in [-0.4, -0.2) is 30.2 Å². The van der Waals surface area contributed by atoms with Crippen LogP contribution in [0.25, 0.3) is 10.9 Å². The van der Waals surface area contributed by atoms with Gasteiger partial charge in [0.05, 0.1) is 17.2 Å². The van der Waals surface area contributed by atoms with Gasteiger partial charge in [0.15, 0.2) is 0 Å². The first-order valence-corrected chi connectivity index (χ1v) is 9.22. The number of hydrogen-bond acceptors (Lipinski definition) is 5. The van der Waals surface area contributed by atoms with Crippen LogP contribution in [-0.2, 0) is 14.8 Å². The van der Waals surface area contributed by atoms with E-state index < -0.39 is 22.0 Å². The molecule has 2 N–H and O–H groups in total. The van der Waals surface area contributed by atoms with Crippen molar-refractivity contribution in [3.8, 4) is 0 Å². The maximum atomic E-state index is 13.0. The zero-order valence-electron chi connectivity index (χ0n) is 13.3. The van der Waals surface area contributed by atoms with Crippen LogP contribution in [0.15, 0.2) is 70.7 Å². The van der Waals surface area contributed by atoms with E-state index in [1.807, 2.05) is 0 Å². The standard InChI is InChI=1S/C18H13N3O4S/c22-18(23)17-16(12-7-1-2-8-13(12)20-17)21-26(24,25)14-9-3-5-11-6-4-10-19-15(11)14/h1-10,16,21H,(H,22,23). The van der Waals surface area contributed by atoms with Crippen molar-refractivity contribution >= 4 is 38.3 Å². The number of pyridine rings is 1. The van der Waals surface area contributed by atoms with Crippen LogP contribution >= 0.6 is 0 Å². The average molecular weight is 367 g/mol. The molecule has 3 aromatic rings. The number of nitrogens with one attached hydrogen (secondary N) is 1. The molecule has 4 rings (SSSR count). The third kappa shape index (κ3) is 2.65. The van der Waals surface area contributed by atoms with Gasteiger partial charge in [-0.05, 0) is 18.2 Å². The fraction of sp³-hybridized carbons (Fsp3) is 0.0556. The van der Waals surface area contributed by atoms with E-state index in [1.165, 1.54) is 12.3 Å². The van der Waals surface area contributed by atoms with Crippen LogP contribution in [0.2, 0.25) is 0 Å². The predicted octanol–water partition coefficient (Wildman–Crippen LogP) is 2.43. The number of aliphatic imine (C=N–C) groups is 1. The Hall–Kier alpha value is -3.10. The third-order valence-electron chi connectivity index (χ3n) is 4.14. The molecule has 0 spiro atoms. The summed E-state index contributed by atoms with van der Waals surface area (Å²) in [7, 11) is -4.04. The summed E-state index contributed by atoms with van der Waals surface area (Å²) >= 11 is 0. The smallest absolute Gasteiger partial charge is 0.352 e. The van der Waals surface area contributed by atoms with Crippen molar-refractivity contribution in [3.63, 3.8) is 0 Å². The first kappa shape index (κ1) is 16.4. The second-order valence-corrected chi connectivity index (χ2v) is 7.43. The van der Waals surface area contributed by atoms with Crippen LogP contribution in [0.5, 0.6) is 0 Å². The number of benzene rings is 2. The maximum absolute atomic E-state index is 13.0. The molecule has 1 aliphatic rings. The van der Waals surface area contributed by atoms with Gasteiger partial charge in [-0.2, -0.15) is 4.72 Å². The van der Waals surface area contributed by atoms with Crippen LogP contribution in [0, 0.1) is 0 Å². The minimum Gasteiger partial charge on any atom is -0.477 e. The van der Waals surface area contributed by atoms with Gasteiger partial charge in [0.2, 0.25) is 10.0 Å². The Morgan fingerprint density at radius 3 is 2.62 bits per heavy atom. The number of nitrogens with zero attached hydrogens (tertiary/aromatic N) is 2. The number of para-hydroxylation sites is 2. The number of carboxylic acids is 1. The molecule has 1 unspecified atom stereocenters. The summed E-state index contributed by atoms with van der Waals surface area (Å²) in [5.41, 5.74) is 1.00. The van der Waals surface area contributed by atoms with Crippen LogP contribution in [0.3, 0.4) is 0 Å². The summed E-state index contributed by atoms with van der Waals surface area (Å²) < 4.78 is 28.4. The molecule has 0 saturated heterocycles. The molecule has 0 aliphatic carbocycles. The molecular weight excluding hydrogens is 354 g/mol. The number of aromatic nitrogens is 1. The van der Waals surface area contributed by atoms with E-state index in [0.717, 1.165) is 0 Å². The van der Waals surface area contributed by atoms with Gasteiger partial charge >= 0.3 is 5.97 Å². The lowest BCUT2D eigenvalue weighted by Crippen LogP contribution is -2.35. The van der Waals surface area contributed by atoms with Crippen molar-refractivity contribution in [3.05, 3.63) is 66.4 Å². The van der Waals surface area contributed by atoms with Crippen molar-refractivity contribution in [1.82, 2.24) is 9.71 Å². The molecule has 0 bridgehead atoms. The van der Waals surface area contributed by atoms with Gasteiger partial charge in [0, 0.05) is 17.1 Å². The average Bonchev–Trinajstić information content (AvgIpc) is 2.99. The molecule has 2 aromatic carbocycles. The SMILES string of the molecule is O=C(O)C1=Nc2ccccc2C1NS(=O)(=O)c1cccc2cccnc12. The van der Waals surface area contributed by atoms with E-state index in [2.05, 4.69) is 14.7 Å². The lowest BCUT2D eigenvalue weighted by Gasteiger charge is -2.16. The molecule has 1 atom stereocenters. The number of sulfonamides is 1. The van der Waals surface area contributed by atoms with Gasteiger partial charge in [-0.25, -0.2) is 18.2 Å². The Balaban J connectivity index is 1.80. The summed E-state index contributed by atoms with van der Waals surface area (Å²) in [5.74, 6) is -1.27. The molecule has 0 saturated carbocycles. The number of rotatable bonds is 4. The first-order chi connectivity index (χ1) is 12.5. The molecule has 0 amide bonds. The summed E-state index contributed by atoms with van der Waals surface area (Å²) in [6, 6.07) is 14.0. The van der Waals surface area contributed by atoms with Crippen LogP contribution < -0.4 is 4.72 Å². The lowest BCUT2D eigenvalue weighted by molar-refractivity contribution is -0.129. The fourth-order valence-electron chi connectivity index (χ4n) is 2.98. The number of hydrogen-bond donors (Lipinski definition) is 2. The van der Waals surface area contributed by atoms with Gasteiger partial charge in [-0.1, -0.05) is 36.4 Å². The fourth-order valence-corrected chi connectivity index (χ4v) is 4.34. The Labute approximate surface area is 149 Å². The van der Waals surface area contributed by atoms with Gasteiger partial charge in [0.25, 0.3) is 0 Å². The first-order valence-electron chi connectivity index (χ1n) is 7.74.